The Hall–Kier alpha value is -4.08. The number of nitrogens with zero attached hydrogens (tertiary/aromatic N) is 4. The number of para-hydroxylation sites is 2. The molecule has 0 fully saturated rings. The molecule has 10 heteroatoms. The Balaban J connectivity index is 2.15. The second kappa shape index (κ2) is 11.1. The van der Waals surface area contributed by atoms with Gasteiger partial charge in [-0.15, -0.1) is 10.2 Å². The third-order valence-electron chi connectivity index (χ3n) is 3.85. The van der Waals surface area contributed by atoms with Gasteiger partial charge >= 0.3 is 0 Å². The van der Waals surface area contributed by atoms with Crippen molar-refractivity contribution in [3.8, 4) is 23.0 Å². The van der Waals surface area contributed by atoms with E-state index in [1.165, 1.54) is 26.6 Å². The first-order valence-electron chi connectivity index (χ1n) is 8.71. The van der Waals surface area contributed by atoms with Crippen LogP contribution < -0.4 is 30.4 Å². The molecule has 2 rings (SSSR count). The lowest BCUT2D eigenvalue weighted by Crippen LogP contribution is -2.30. The van der Waals surface area contributed by atoms with Gasteiger partial charge in [-0.2, -0.15) is 10.2 Å². The lowest BCUT2D eigenvalue weighted by atomic mass is 10.2. The van der Waals surface area contributed by atoms with E-state index in [2.05, 4.69) is 20.4 Å². The van der Waals surface area contributed by atoms with Crippen LogP contribution in [0.5, 0.6) is 23.0 Å². The Morgan fingerprint density at radius 3 is 1.40 bits per heavy atom. The summed E-state index contributed by atoms with van der Waals surface area (Å²) in [7, 11) is 6.17. The second-order valence-corrected chi connectivity index (χ2v) is 5.63. The fourth-order valence-electron chi connectivity index (χ4n) is 2.44. The van der Waals surface area contributed by atoms with E-state index in [-0.39, 0.29) is 11.7 Å². The molecule has 10 nitrogen and oxygen atoms in total. The molecular weight excluding hydrogens is 388 g/mol. The van der Waals surface area contributed by atoms with Gasteiger partial charge in [-0.25, -0.2) is 0 Å². The standard InChI is InChI=1S/C20H24N6O4/c1-27-15-9-5-7-13(17(15)29-3)11-23-25-19(21)20(22)26-24-12-14-8-6-10-16(28-2)18(14)30-4/h5-12H,1-4H3,(H2,21,25)(H2,22,26)/b23-11+,24-12+. The van der Waals surface area contributed by atoms with Crippen molar-refractivity contribution < 1.29 is 18.9 Å². The molecule has 2 aromatic rings. The van der Waals surface area contributed by atoms with Crippen LogP contribution in [0.1, 0.15) is 11.1 Å². The minimum absolute atomic E-state index is 0.0946. The Kier molecular flexibility index (Phi) is 8.18. The highest BCUT2D eigenvalue weighted by atomic mass is 16.5. The molecule has 0 heterocycles. The molecular formula is C20H24N6O4. The van der Waals surface area contributed by atoms with Crippen LogP contribution >= 0.6 is 0 Å². The lowest BCUT2D eigenvalue weighted by molar-refractivity contribution is 0.354. The molecule has 0 unspecified atom stereocenters. The molecule has 0 bridgehead atoms. The van der Waals surface area contributed by atoms with Crippen molar-refractivity contribution in [1.82, 2.24) is 0 Å². The summed E-state index contributed by atoms with van der Waals surface area (Å²) in [5, 5.41) is 15.5. The zero-order valence-electron chi connectivity index (χ0n) is 17.2. The van der Waals surface area contributed by atoms with Gasteiger partial charge in [-0.05, 0) is 24.3 Å². The van der Waals surface area contributed by atoms with Crippen LogP contribution in [0.2, 0.25) is 0 Å². The van der Waals surface area contributed by atoms with Crippen LogP contribution in [0.4, 0.5) is 0 Å². The topological polar surface area (TPSA) is 138 Å². The predicted molar refractivity (Wildman–Crippen MR) is 118 cm³/mol. The van der Waals surface area contributed by atoms with E-state index in [1.54, 1.807) is 50.6 Å². The molecule has 158 valence electrons. The number of benzene rings is 2. The van der Waals surface area contributed by atoms with E-state index in [0.717, 1.165) is 0 Å². The Bertz CT molecular complexity index is 906. The summed E-state index contributed by atoms with van der Waals surface area (Å²) in [5.41, 5.74) is 12.9. The molecule has 0 aliphatic heterocycles. The average molecular weight is 412 g/mol. The maximum absolute atomic E-state index is 5.80. The number of ether oxygens (including phenoxy) is 4. The van der Waals surface area contributed by atoms with E-state index in [9.17, 15) is 0 Å². The third-order valence-corrected chi connectivity index (χ3v) is 3.85. The summed E-state index contributed by atoms with van der Waals surface area (Å²) in [6.07, 6.45) is 2.93. The summed E-state index contributed by atoms with van der Waals surface area (Å²) in [6.45, 7) is 0. The highest BCUT2D eigenvalue weighted by Gasteiger charge is 2.08. The van der Waals surface area contributed by atoms with Crippen LogP contribution in [0.3, 0.4) is 0 Å². The molecule has 0 aromatic heterocycles. The molecule has 4 N–H and O–H groups in total. The highest BCUT2D eigenvalue weighted by molar-refractivity contribution is 6.39. The number of nitrogens with two attached hydrogens (primary N) is 2. The van der Waals surface area contributed by atoms with Gasteiger partial charge in [0.25, 0.3) is 0 Å². The van der Waals surface area contributed by atoms with E-state index in [0.29, 0.717) is 34.1 Å². The predicted octanol–water partition coefficient (Wildman–Crippen LogP) is 1.80. The smallest absolute Gasteiger partial charge is 0.190 e. The Morgan fingerprint density at radius 1 is 0.667 bits per heavy atom. The van der Waals surface area contributed by atoms with E-state index in [4.69, 9.17) is 30.4 Å². The summed E-state index contributed by atoms with van der Waals surface area (Å²) in [4.78, 5) is 0. The SMILES string of the molecule is COc1cccc(/C=N/N=C(N)/C(N)=N/N=C/c2cccc(OC)c2OC)c1OC. The summed E-state index contributed by atoms with van der Waals surface area (Å²) >= 11 is 0. The maximum atomic E-state index is 5.80. The number of rotatable bonds is 8. The average Bonchev–Trinajstić information content (AvgIpc) is 2.78. The van der Waals surface area contributed by atoms with Crippen LogP contribution in [0.25, 0.3) is 0 Å². The monoisotopic (exact) mass is 412 g/mol. The number of methoxy groups -OCH3 is 4. The molecule has 0 atom stereocenters. The van der Waals surface area contributed by atoms with Gasteiger partial charge in [0.15, 0.2) is 34.7 Å². The normalized spacial score (nSPS) is 12.4. The molecule has 0 amide bonds. The molecule has 0 radical (unpaired) electrons. The number of hydrogen-bond donors (Lipinski definition) is 2. The van der Waals surface area contributed by atoms with Crippen LogP contribution in [0, 0.1) is 0 Å². The van der Waals surface area contributed by atoms with Gasteiger partial charge in [0.2, 0.25) is 0 Å². The largest absolute Gasteiger partial charge is 0.493 e. The lowest BCUT2D eigenvalue weighted by Gasteiger charge is -2.09. The molecule has 2 aromatic carbocycles. The Morgan fingerprint density at radius 2 is 1.07 bits per heavy atom. The van der Waals surface area contributed by atoms with Crippen molar-refractivity contribution >= 4 is 24.1 Å². The fraction of sp³-hybridized carbons (Fsp3) is 0.200. The van der Waals surface area contributed by atoms with Crippen LogP contribution in [0.15, 0.2) is 56.8 Å². The fourth-order valence-corrected chi connectivity index (χ4v) is 2.44. The van der Waals surface area contributed by atoms with Crippen molar-refractivity contribution in [3.05, 3.63) is 47.5 Å². The summed E-state index contributed by atoms with van der Waals surface area (Å²) < 4.78 is 21.1. The zero-order chi connectivity index (χ0) is 21.9. The maximum Gasteiger partial charge on any atom is 0.190 e. The summed E-state index contributed by atoms with van der Waals surface area (Å²) in [5.74, 6) is 2.00. The molecule has 0 spiro atoms. The molecule has 30 heavy (non-hydrogen) atoms. The quantitative estimate of drug-likeness (QED) is 0.385. The van der Waals surface area contributed by atoms with E-state index < -0.39 is 0 Å². The van der Waals surface area contributed by atoms with E-state index in [1.807, 2.05) is 0 Å². The third kappa shape index (κ3) is 5.47. The second-order valence-electron chi connectivity index (χ2n) is 5.63. The van der Waals surface area contributed by atoms with Gasteiger partial charge in [0.1, 0.15) is 0 Å². The van der Waals surface area contributed by atoms with Crippen molar-refractivity contribution in [3.63, 3.8) is 0 Å². The first-order valence-corrected chi connectivity index (χ1v) is 8.71. The van der Waals surface area contributed by atoms with Crippen molar-refractivity contribution in [2.24, 2.45) is 31.9 Å². The summed E-state index contributed by atoms with van der Waals surface area (Å²) in [6, 6.07) is 10.7. The van der Waals surface area contributed by atoms with Crippen molar-refractivity contribution in [2.45, 2.75) is 0 Å². The first-order chi connectivity index (χ1) is 14.5. The molecule has 0 aliphatic carbocycles. The van der Waals surface area contributed by atoms with E-state index >= 15 is 0 Å². The Labute approximate surface area is 174 Å². The van der Waals surface area contributed by atoms with Gasteiger partial charge in [-0.1, -0.05) is 12.1 Å². The van der Waals surface area contributed by atoms with Gasteiger partial charge in [0.05, 0.1) is 40.9 Å². The number of amidine groups is 2. The van der Waals surface area contributed by atoms with Crippen LogP contribution in [-0.4, -0.2) is 52.5 Å². The van der Waals surface area contributed by atoms with Gasteiger partial charge < -0.3 is 30.4 Å². The van der Waals surface area contributed by atoms with Gasteiger partial charge in [-0.3, -0.25) is 0 Å². The van der Waals surface area contributed by atoms with Crippen molar-refractivity contribution in [2.75, 3.05) is 28.4 Å². The first kappa shape index (κ1) is 22.2. The molecule has 0 saturated heterocycles. The van der Waals surface area contributed by atoms with Gasteiger partial charge in [0, 0.05) is 11.1 Å². The number of hydrogen-bond acceptors (Lipinski definition) is 8. The van der Waals surface area contributed by atoms with Crippen LogP contribution in [-0.2, 0) is 0 Å². The molecule has 0 aliphatic rings. The zero-order valence-corrected chi connectivity index (χ0v) is 17.2. The van der Waals surface area contributed by atoms with Crippen molar-refractivity contribution in [1.29, 1.82) is 0 Å². The molecule has 0 saturated carbocycles. The minimum atomic E-state index is -0.0946. The highest BCUT2D eigenvalue weighted by Crippen LogP contribution is 2.30. The minimum Gasteiger partial charge on any atom is -0.493 e.